The van der Waals surface area contributed by atoms with Gasteiger partial charge in [-0.2, -0.15) is 0 Å². The molecule has 0 amide bonds. The minimum atomic E-state index is -0.772. The fraction of sp³-hybridized carbons (Fsp3) is 0.877. The van der Waals surface area contributed by atoms with Gasteiger partial charge in [-0.15, -0.1) is 0 Å². The molecule has 0 bridgehead atoms. The average Bonchev–Trinajstić information content (AvgIpc) is 3.45. The number of esters is 3. The second kappa shape index (κ2) is 68.1. The summed E-state index contributed by atoms with van der Waals surface area (Å²) in [6.45, 7) is 6.66. The molecular formula is C73H136O6. The molecule has 1 atom stereocenters. The summed E-state index contributed by atoms with van der Waals surface area (Å²) in [5.74, 6) is -0.850. The number of unbranched alkanes of at least 4 members (excludes halogenated alkanes) is 49. The molecule has 1 unspecified atom stereocenters. The molecule has 0 radical (unpaired) electrons. The molecule has 0 aromatic heterocycles. The van der Waals surface area contributed by atoms with E-state index in [4.69, 9.17) is 14.2 Å². The van der Waals surface area contributed by atoms with Crippen LogP contribution >= 0.6 is 0 Å². The van der Waals surface area contributed by atoms with Crippen LogP contribution in [-0.2, 0) is 28.6 Å². The zero-order valence-electron chi connectivity index (χ0n) is 53.4. The first kappa shape index (κ1) is 76.6. The lowest BCUT2D eigenvalue weighted by molar-refractivity contribution is -0.167. The molecule has 0 rings (SSSR count). The molecule has 79 heavy (non-hydrogen) atoms. The van der Waals surface area contributed by atoms with Gasteiger partial charge in [0.15, 0.2) is 6.10 Å². The summed E-state index contributed by atoms with van der Waals surface area (Å²) < 4.78 is 17.0. The van der Waals surface area contributed by atoms with Crippen molar-refractivity contribution in [3.63, 3.8) is 0 Å². The lowest BCUT2D eigenvalue weighted by Crippen LogP contribution is -2.30. The lowest BCUT2D eigenvalue weighted by atomic mass is 10.0. The lowest BCUT2D eigenvalue weighted by Gasteiger charge is -2.18. The number of rotatable bonds is 66. The highest BCUT2D eigenvalue weighted by atomic mass is 16.6. The molecule has 0 fully saturated rings. The summed E-state index contributed by atoms with van der Waals surface area (Å²) in [4.78, 5) is 38.3. The molecule has 0 spiro atoms. The van der Waals surface area contributed by atoms with Crippen molar-refractivity contribution in [2.45, 2.75) is 399 Å². The Hall–Kier alpha value is -2.37. The summed E-state index contributed by atoms with van der Waals surface area (Å²) >= 11 is 0. The van der Waals surface area contributed by atoms with Crippen molar-refractivity contribution in [3.8, 4) is 0 Å². The van der Waals surface area contributed by atoms with Crippen molar-refractivity contribution in [3.05, 3.63) is 36.5 Å². The molecule has 0 heterocycles. The monoisotopic (exact) mass is 1110 g/mol. The van der Waals surface area contributed by atoms with E-state index in [1.807, 2.05) is 0 Å². The maximum Gasteiger partial charge on any atom is 0.306 e. The zero-order chi connectivity index (χ0) is 57.1. The SMILES string of the molecule is CCCC/C=C\CCCCCCCC(=O)OCC(COC(=O)CCCCCCCCCCCCCCCCCCCCC/C=C\C/C=C\CCCCCCC)OC(=O)CCCCCCCCCCCCCCCCCCCCC. The van der Waals surface area contributed by atoms with Crippen LogP contribution in [0.1, 0.15) is 393 Å². The van der Waals surface area contributed by atoms with Gasteiger partial charge in [0, 0.05) is 19.3 Å². The third-order valence-corrected chi connectivity index (χ3v) is 16.1. The smallest absolute Gasteiger partial charge is 0.306 e. The van der Waals surface area contributed by atoms with Crippen LogP contribution in [0.25, 0.3) is 0 Å². The second-order valence-corrected chi connectivity index (χ2v) is 24.1. The molecule has 0 N–H and O–H groups in total. The summed E-state index contributed by atoms with van der Waals surface area (Å²) in [5, 5.41) is 0. The molecule has 6 nitrogen and oxygen atoms in total. The van der Waals surface area contributed by atoms with Gasteiger partial charge in [0.25, 0.3) is 0 Å². The van der Waals surface area contributed by atoms with E-state index in [1.165, 1.54) is 283 Å². The third kappa shape index (κ3) is 66.3. The number of hydrogen-bond donors (Lipinski definition) is 0. The highest BCUT2D eigenvalue weighted by Crippen LogP contribution is 2.19. The van der Waals surface area contributed by atoms with Crippen LogP contribution in [0.15, 0.2) is 36.5 Å². The third-order valence-electron chi connectivity index (χ3n) is 16.1. The van der Waals surface area contributed by atoms with Crippen molar-refractivity contribution in [2.24, 2.45) is 0 Å². The Morgan fingerprint density at radius 2 is 0.468 bits per heavy atom. The van der Waals surface area contributed by atoms with Gasteiger partial charge in [-0.1, -0.05) is 340 Å². The normalized spacial score (nSPS) is 12.2. The van der Waals surface area contributed by atoms with Crippen LogP contribution in [-0.4, -0.2) is 37.2 Å². The quantitative estimate of drug-likeness (QED) is 0.0261. The predicted molar refractivity (Wildman–Crippen MR) is 344 cm³/mol. The molecule has 0 saturated carbocycles. The van der Waals surface area contributed by atoms with Crippen LogP contribution in [0.2, 0.25) is 0 Å². The van der Waals surface area contributed by atoms with E-state index < -0.39 is 6.10 Å². The maximum absolute atomic E-state index is 12.9. The van der Waals surface area contributed by atoms with Gasteiger partial charge in [-0.05, 0) is 70.6 Å². The van der Waals surface area contributed by atoms with E-state index in [-0.39, 0.29) is 31.1 Å². The molecule has 0 aliphatic carbocycles. The van der Waals surface area contributed by atoms with E-state index in [0.29, 0.717) is 19.3 Å². The Labute approximate surface area is 493 Å². The topological polar surface area (TPSA) is 78.9 Å². The largest absolute Gasteiger partial charge is 0.462 e. The van der Waals surface area contributed by atoms with Gasteiger partial charge in [-0.3, -0.25) is 14.4 Å². The fourth-order valence-electron chi connectivity index (χ4n) is 10.8. The second-order valence-electron chi connectivity index (χ2n) is 24.1. The number of carbonyl (C=O) groups excluding carboxylic acids is 3. The van der Waals surface area contributed by atoms with Crippen LogP contribution in [0, 0.1) is 0 Å². The Bertz CT molecular complexity index is 1320. The van der Waals surface area contributed by atoms with Crippen molar-refractivity contribution >= 4 is 17.9 Å². The van der Waals surface area contributed by atoms with Gasteiger partial charge in [-0.25, -0.2) is 0 Å². The highest BCUT2D eigenvalue weighted by Gasteiger charge is 2.19. The number of ether oxygens (including phenoxy) is 3. The summed E-state index contributed by atoms with van der Waals surface area (Å²) in [6.07, 6.45) is 84.7. The molecule has 0 aromatic rings. The van der Waals surface area contributed by atoms with E-state index in [0.717, 1.165) is 70.6 Å². The zero-order valence-corrected chi connectivity index (χ0v) is 53.4. The van der Waals surface area contributed by atoms with E-state index in [1.54, 1.807) is 0 Å². The van der Waals surface area contributed by atoms with E-state index in [9.17, 15) is 14.4 Å². The number of hydrogen-bond acceptors (Lipinski definition) is 6. The molecule has 0 saturated heterocycles. The van der Waals surface area contributed by atoms with Gasteiger partial charge in [0.05, 0.1) is 0 Å². The van der Waals surface area contributed by atoms with Crippen LogP contribution in [0.5, 0.6) is 0 Å². The van der Waals surface area contributed by atoms with Crippen molar-refractivity contribution in [1.29, 1.82) is 0 Å². The van der Waals surface area contributed by atoms with Crippen molar-refractivity contribution in [1.82, 2.24) is 0 Å². The summed E-state index contributed by atoms with van der Waals surface area (Å²) in [7, 11) is 0. The van der Waals surface area contributed by atoms with Gasteiger partial charge in [0.2, 0.25) is 0 Å². The Balaban J connectivity index is 4.11. The first-order valence-electron chi connectivity index (χ1n) is 35.5. The fourth-order valence-corrected chi connectivity index (χ4v) is 10.8. The minimum Gasteiger partial charge on any atom is -0.462 e. The molecule has 6 heteroatoms. The molecular weight excluding hydrogens is 973 g/mol. The van der Waals surface area contributed by atoms with Crippen molar-refractivity contribution in [2.75, 3.05) is 13.2 Å². The summed E-state index contributed by atoms with van der Waals surface area (Å²) in [5.41, 5.74) is 0. The van der Waals surface area contributed by atoms with Crippen LogP contribution < -0.4 is 0 Å². The summed E-state index contributed by atoms with van der Waals surface area (Å²) in [6, 6.07) is 0. The first-order chi connectivity index (χ1) is 39.0. The van der Waals surface area contributed by atoms with E-state index in [2.05, 4.69) is 57.2 Å². The van der Waals surface area contributed by atoms with Gasteiger partial charge in [0.1, 0.15) is 13.2 Å². The van der Waals surface area contributed by atoms with Crippen LogP contribution in [0.4, 0.5) is 0 Å². The molecule has 464 valence electrons. The standard InChI is InChI=1S/C73H136O6/c1-4-7-10-13-16-19-22-24-26-28-30-31-32-33-34-35-36-37-38-39-40-41-43-44-46-48-51-54-57-60-63-66-72(75)78-69-70(68-77-71(74)65-62-59-56-53-50-21-18-15-12-9-6-3)79-73(76)67-64-61-58-55-52-49-47-45-42-29-27-25-23-20-17-14-11-8-5-2/h15,18,22,24,28,30,70H,4-14,16-17,19-21,23,25-27,29,31-69H2,1-3H3/b18-15-,24-22-,30-28-. The number of allylic oxidation sites excluding steroid dienone is 6. The Morgan fingerprint density at radius 1 is 0.253 bits per heavy atom. The highest BCUT2D eigenvalue weighted by molar-refractivity contribution is 5.71. The Kier molecular flexibility index (Phi) is 66.1. The van der Waals surface area contributed by atoms with Crippen LogP contribution in [0.3, 0.4) is 0 Å². The number of carbonyl (C=O) groups is 3. The molecule has 0 aliphatic heterocycles. The maximum atomic E-state index is 12.9. The first-order valence-corrected chi connectivity index (χ1v) is 35.5. The van der Waals surface area contributed by atoms with E-state index >= 15 is 0 Å². The minimum absolute atomic E-state index is 0.0687. The Morgan fingerprint density at radius 3 is 0.747 bits per heavy atom. The van der Waals surface area contributed by atoms with Gasteiger partial charge < -0.3 is 14.2 Å². The molecule has 0 aromatic carbocycles. The van der Waals surface area contributed by atoms with Gasteiger partial charge >= 0.3 is 17.9 Å². The van der Waals surface area contributed by atoms with Crippen molar-refractivity contribution < 1.29 is 28.6 Å². The molecule has 0 aliphatic rings. The predicted octanol–water partition coefficient (Wildman–Crippen LogP) is 24.3. The average molecular weight is 1110 g/mol.